The van der Waals surface area contributed by atoms with Gasteiger partial charge in [-0.3, -0.25) is 4.79 Å². The minimum atomic E-state index is -3.48. The molecule has 2 aliphatic heterocycles. The molecule has 2 aromatic rings. The Hall–Kier alpha value is -1.89. The molecule has 1 atom stereocenters. The highest BCUT2D eigenvalue weighted by molar-refractivity contribution is 7.88. The third-order valence-electron chi connectivity index (χ3n) is 5.83. The lowest BCUT2D eigenvalue weighted by atomic mass is 9.95. The zero-order valence-electron chi connectivity index (χ0n) is 16.3. The highest BCUT2D eigenvalue weighted by Gasteiger charge is 2.35. The van der Waals surface area contributed by atoms with Crippen LogP contribution in [0.25, 0.3) is 0 Å². The minimum absolute atomic E-state index is 0.0673. The quantitative estimate of drug-likeness (QED) is 0.743. The van der Waals surface area contributed by atoms with Gasteiger partial charge in [-0.15, -0.1) is 0 Å². The molecule has 0 unspecified atom stereocenters. The predicted octanol–water partition coefficient (Wildman–Crippen LogP) is 3.47. The number of hydrogen-bond acceptors (Lipinski definition) is 3. The Morgan fingerprint density at radius 3 is 2.52 bits per heavy atom. The summed E-state index contributed by atoms with van der Waals surface area (Å²) in [4.78, 5) is 15.0. The Bertz CT molecular complexity index is 991. The first kappa shape index (κ1) is 20.4. The van der Waals surface area contributed by atoms with E-state index in [0.717, 1.165) is 12.8 Å². The number of carbonyl (C=O) groups is 1. The highest BCUT2D eigenvalue weighted by atomic mass is 35.5. The maximum Gasteiger partial charge on any atom is 0.227 e. The molecule has 2 heterocycles. The number of amides is 1. The second-order valence-electron chi connectivity index (χ2n) is 7.86. The van der Waals surface area contributed by atoms with Gasteiger partial charge in [0.05, 0.1) is 11.7 Å². The Morgan fingerprint density at radius 2 is 1.76 bits per heavy atom. The number of nitrogens with zero attached hydrogens (tertiary/aromatic N) is 2. The molecule has 0 aliphatic carbocycles. The van der Waals surface area contributed by atoms with Gasteiger partial charge in [-0.25, -0.2) is 12.7 Å². The fourth-order valence-corrected chi connectivity index (χ4v) is 5.96. The van der Waals surface area contributed by atoms with Gasteiger partial charge in [0.15, 0.2) is 0 Å². The normalized spacial score (nSPS) is 20.3. The highest BCUT2D eigenvalue weighted by Crippen LogP contribution is 2.26. The van der Waals surface area contributed by atoms with Crippen molar-refractivity contribution in [2.24, 2.45) is 5.92 Å². The Kier molecular flexibility index (Phi) is 5.95. The second kappa shape index (κ2) is 8.46. The first-order valence-electron chi connectivity index (χ1n) is 10.0. The van der Waals surface area contributed by atoms with Gasteiger partial charge in [-0.2, -0.15) is 0 Å². The monoisotopic (exact) mass is 432 g/mol. The summed E-state index contributed by atoms with van der Waals surface area (Å²) in [6, 6.07) is 15.1. The third kappa shape index (κ3) is 4.65. The van der Waals surface area contributed by atoms with Gasteiger partial charge in [0.25, 0.3) is 0 Å². The molecule has 1 amide bonds. The van der Waals surface area contributed by atoms with E-state index in [0.29, 0.717) is 36.6 Å². The Balaban J connectivity index is 1.42. The SMILES string of the molecule is O=C([C@@H]1CCCN(S(=O)(=O)Cc2ccc(Cl)cc2)C1)N1CCc2ccccc2C1. The van der Waals surface area contributed by atoms with Crippen molar-refractivity contribution in [2.45, 2.75) is 31.6 Å². The molecule has 0 aromatic heterocycles. The average Bonchev–Trinajstić information content (AvgIpc) is 2.74. The molecule has 0 spiro atoms. The fourth-order valence-electron chi connectivity index (χ4n) is 4.22. The summed E-state index contributed by atoms with van der Waals surface area (Å²) in [5.74, 6) is -0.262. The van der Waals surface area contributed by atoms with Crippen molar-refractivity contribution in [1.82, 2.24) is 9.21 Å². The van der Waals surface area contributed by atoms with Crippen LogP contribution in [0.5, 0.6) is 0 Å². The summed E-state index contributed by atoms with van der Waals surface area (Å²) in [6.07, 6.45) is 2.30. The number of piperidine rings is 1. The summed E-state index contributed by atoms with van der Waals surface area (Å²) in [5.41, 5.74) is 3.19. The topological polar surface area (TPSA) is 57.7 Å². The molecule has 0 bridgehead atoms. The van der Waals surface area contributed by atoms with Crippen LogP contribution >= 0.6 is 11.6 Å². The average molecular weight is 433 g/mol. The van der Waals surface area contributed by atoms with Crippen LogP contribution in [0.3, 0.4) is 0 Å². The van der Waals surface area contributed by atoms with Gasteiger partial charge < -0.3 is 4.90 Å². The smallest absolute Gasteiger partial charge is 0.227 e. The first-order valence-corrected chi connectivity index (χ1v) is 12.0. The Labute approximate surface area is 177 Å². The van der Waals surface area contributed by atoms with Gasteiger partial charge in [0.1, 0.15) is 0 Å². The number of halogens is 1. The van der Waals surface area contributed by atoms with Crippen molar-refractivity contribution in [2.75, 3.05) is 19.6 Å². The van der Waals surface area contributed by atoms with E-state index in [2.05, 4.69) is 12.1 Å². The maximum absolute atomic E-state index is 13.1. The molecule has 154 valence electrons. The van der Waals surface area contributed by atoms with Crippen LogP contribution < -0.4 is 0 Å². The van der Waals surface area contributed by atoms with Crippen molar-refractivity contribution < 1.29 is 13.2 Å². The number of carbonyl (C=O) groups excluding carboxylic acids is 1. The van der Waals surface area contributed by atoms with Crippen LogP contribution in [0, 0.1) is 5.92 Å². The summed E-state index contributed by atoms with van der Waals surface area (Å²) < 4.78 is 27.3. The van der Waals surface area contributed by atoms with E-state index in [1.165, 1.54) is 15.4 Å². The number of sulfonamides is 1. The van der Waals surface area contributed by atoms with Crippen molar-refractivity contribution in [3.63, 3.8) is 0 Å². The number of fused-ring (bicyclic) bond motifs is 1. The van der Waals surface area contributed by atoms with E-state index < -0.39 is 10.0 Å². The van der Waals surface area contributed by atoms with Crippen molar-refractivity contribution in [3.05, 3.63) is 70.2 Å². The fraction of sp³-hybridized carbons (Fsp3) is 0.409. The van der Waals surface area contributed by atoms with Crippen LogP contribution in [0.15, 0.2) is 48.5 Å². The van der Waals surface area contributed by atoms with Crippen LogP contribution in [0.4, 0.5) is 0 Å². The Morgan fingerprint density at radius 1 is 1.03 bits per heavy atom. The second-order valence-corrected chi connectivity index (χ2v) is 10.3. The molecule has 2 aliphatic rings. The van der Waals surface area contributed by atoms with Crippen molar-refractivity contribution >= 4 is 27.5 Å². The zero-order chi connectivity index (χ0) is 20.4. The lowest BCUT2D eigenvalue weighted by Crippen LogP contribution is -2.48. The molecule has 0 radical (unpaired) electrons. The summed E-state index contributed by atoms with van der Waals surface area (Å²) in [7, 11) is -3.48. The lowest BCUT2D eigenvalue weighted by molar-refractivity contribution is -0.137. The number of benzene rings is 2. The van der Waals surface area contributed by atoms with Crippen LogP contribution in [-0.2, 0) is 33.5 Å². The third-order valence-corrected chi connectivity index (χ3v) is 7.90. The molecule has 0 saturated carbocycles. The predicted molar refractivity (Wildman–Crippen MR) is 114 cm³/mol. The number of hydrogen-bond donors (Lipinski definition) is 0. The molecule has 7 heteroatoms. The van der Waals surface area contributed by atoms with Crippen LogP contribution in [0.2, 0.25) is 5.02 Å². The van der Waals surface area contributed by atoms with E-state index in [4.69, 9.17) is 11.6 Å². The molecule has 2 aromatic carbocycles. The van der Waals surface area contributed by atoms with Gasteiger partial charge in [0.2, 0.25) is 15.9 Å². The van der Waals surface area contributed by atoms with Crippen LogP contribution in [0.1, 0.15) is 29.5 Å². The van der Waals surface area contributed by atoms with Crippen LogP contribution in [-0.4, -0.2) is 43.2 Å². The van der Waals surface area contributed by atoms with Gasteiger partial charge in [-0.1, -0.05) is 48.0 Å². The minimum Gasteiger partial charge on any atom is -0.338 e. The van der Waals surface area contributed by atoms with E-state index in [1.807, 2.05) is 17.0 Å². The van der Waals surface area contributed by atoms with E-state index in [1.54, 1.807) is 24.3 Å². The molecule has 1 fully saturated rings. The standard InChI is InChI=1S/C22H25ClN2O3S/c23-21-9-7-17(8-10-21)16-29(27,28)25-12-3-6-20(15-25)22(26)24-13-11-18-4-1-2-5-19(18)14-24/h1-2,4-5,7-10,20H,3,6,11-16H2/t20-/m1/s1. The van der Waals surface area contributed by atoms with Gasteiger partial charge in [-0.05, 0) is 48.1 Å². The molecule has 1 saturated heterocycles. The number of rotatable bonds is 4. The molecular weight excluding hydrogens is 408 g/mol. The van der Waals surface area contributed by atoms with E-state index in [9.17, 15) is 13.2 Å². The van der Waals surface area contributed by atoms with Gasteiger partial charge in [0, 0.05) is 31.2 Å². The summed E-state index contributed by atoms with van der Waals surface area (Å²) in [6.45, 7) is 2.06. The molecule has 0 N–H and O–H groups in total. The van der Waals surface area contributed by atoms with E-state index in [-0.39, 0.29) is 24.1 Å². The molecule has 5 nitrogen and oxygen atoms in total. The maximum atomic E-state index is 13.1. The molecule has 29 heavy (non-hydrogen) atoms. The first-order chi connectivity index (χ1) is 13.9. The summed E-state index contributed by atoms with van der Waals surface area (Å²) >= 11 is 5.89. The van der Waals surface area contributed by atoms with Gasteiger partial charge >= 0.3 is 0 Å². The molecular formula is C22H25ClN2O3S. The van der Waals surface area contributed by atoms with E-state index >= 15 is 0 Å². The largest absolute Gasteiger partial charge is 0.338 e. The molecule has 4 rings (SSSR count). The van der Waals surface area contributed by atoms with Crippen molar-refractivity contribution in [3.8, 4) is 0 Å². The van der Waals surface area contributed by atoms with Crippen molar-refractivity contribution in [1.29, 1.82) is 0 Å². The zero-order valence-corrected chi connectivity index (χ0v) is 17.8. The lowest BCUT2D eigenvalue weighted by Gasteiger charge is -2.36. The summed E-state index contributed by atoms with van der Waals surface area (Å²) in [5, 5.41) is 0.581.